The molecule has 10 heteroatoms. The number of fused-ring (bicyclic) bond motifs is 1. The van der Waals surface area contributed by atoms with E-state index in [0.29, 0.717) is 47.6 Å². The summed E-state index contributed by atoms with van der Waals surface area (Å²) >= 11 is 5.86. The van der Waals surface area contributed by atoms with E-state index >= 15 is 0 Å². The number of nitrogens with zero attached hydrogens (tertiary/aromatic N) is 3. The number of pyridine rings is 2. The van der Waals surface area contributed by atoms with Crippen molar-refractivity contribution in [3.05, 3.63) is 47.4 Å². The fourth-order valence-corrected chi connectivity index (χ4v) is 4.96. The molecule has 3 aromatic heterocycles. The Hall–Kier alpha value is -3.46. The van der Waals surface area contributed by atoms with Gasteiger partial charge in [-0.15, -0.1) is 0 Å². The topological polar surface area (TPSA) is 117 Å². The average molecular weight is 496 g/mol. The first-order chi connectivity index (χ1) is 17.0. The van der Waals surface area contributed by atoms with Gasteiger partial charge in [0.25, 0.3) is 5.91 Å². The zero-order valence-corrected chi connectivity index (χ0v) is 19.9. The molecule has 182 valence electrons. The number of anilines is 2. The summed E-state index contributed by atoms with van der Waals surface area (Å²) in [5.41, 5.74) is 1.01. The van der Waals surface area contributed by atoms with Crippen LogP contribution in [0.15, 0.2) is 41.1 Å². The minimum atomic E-state index is -0.562. The average Bonchev–Trinajstić information content (AvgIpc) is 3.54. The Labute approximate surface area is 207 Å². The Balaban J connectivity index is 1.29. The highest BCUT2D eigenvalue weighted by atomic mass is 35.5. The van der Waals surface area contributed by atoms with E-state index in [1.807, 2.05) is 4.90 Å². The SMILES string of the molecule is O=C(Nc1ccc(Cl)cn1)c1oc2cccnc2c1NC(=O)C1CCC(C(=O)N2CCCC2)CC1. The number of rotatable bonds is 5. The maximum atomic E-state index is 13.2. The van der Waals surface area contributed by atoms with E-state index in [-0.39, 0.29) is 35.1 Å². The van der Waals surface area contributed by atoms with Crippen molar-refractivity contribution in [1.29, 1.82) is 0 Å². The molecule has 0 radical (unpaired) electrons. The van der Waals surface area contributed by atoms with Crippen LogP contribution in [0, 0.1) is 11.8 Å². The van der Waals surface area contributed by atoms with Gasteiger partial charge in [0.2, 0.25) is 17.6 Å². The standard InChI is InChI=1S/C25H26ClN5O4/c26-17-9-10-19(28-14-17)29-24(33)22-21(20-18(35-22)4-3-11-27-20)30-23(32)15-5-7-16(8-6-15)25(34)31-12-1-2-13-31/h3-4,9-11,14-16H,1-2,5-8,12-13H2,(H,30,32)(H,28,29,33). The first-order valence-corrected chi connectivity index (χ1v) is 12.3. The lowest BCUT2D eigenvalue weighted by molar-refractivity contribution is -0.136. The lowest BCUT2D eigenvalue weighted by Crippen LogP contribution is -2.37. The van der Waals surface area contributed by atoms with Crippen molar-refractivity contribution in [2.45, 2.75) is 38.5 Å². The summed E-state index contributed by atoms with van der Waals surface area (Å²) < 4.78 is 5.76. The molecule has 3 aromatic rings. The maximum absolute atomic E-state index is 13.2. The predicted octanol–water partition coefficient (Wildman–Crippen LogP) is 4.50. The number of likely N-dealkylation sites (tertiary alicyclic amines) is 1. The van der Waals surface area contributed by atoms with Gasteiger partial charge in [0.05, 0.1) is 5.02 Å². The number of hydrogen-bond acceptors (Lipinski definition) is 6. The van der Waals surface area contributed by atoms with E-state index < -0.39 is 5.91 Å². The Morgan fingerprint density at radius 3 is 2.43 bits per heavy atom. The number of carbonyl (C=O) groups is 3. The van der Waals surface area contributed by atoms with Crippen molar-refractivity contribution in [3.63, 3.8) is 0 Å². The summed E-state index contributed by atoms with van der Waals surface area (Å²) in [6.07, 6.45) is 7.75. The zero-order chi connectivity index (χ0) is 24.4. The molecule has 1 saturated carbocycles. The van der Waals surface area contributed by atoms with Crippen LogP contribution in [0.3, 0.4) is 0 Å². The molecule has 2 aliphatic rings. The maximum Gasteiger partial charge on any atom is 0.294 e. The zero-order valence-electron chi connectivity index (χ0n) is 19.1. The van der Waals surface area contributed by atoms with Crippen LogP contribution in [-0.2, 0) is 9.59 Å². The van der Waals surface area contributed by atoms with Crippen LogP contribution in [-0.4, -0.2) is 45.7 Å². The molecular weight excluding hydrogens is 470 g/mol. The van der Waals surface area contributed by atoms with Gasteiger partial charge in [-0.1, -0.05) is 11.6 Å². The van der Waals surface area contributed by atoms with Gasteiger partial charge in [0.15, 0.2) is 5.58 Å². The molecule has 1 saturated heterocycles. The normalized spacial score (nSPS) is 20.1. The molecule has 2 fully saturated rings. The van der Waals surface area contributed by atoms with E-state index in [0.717, 1.165) is 25.9 Å². The summed E-state index contributed by atoms with van der Waals surface area (Å²) in [5.74, 6) is -0.562. The van der Waals surface area contributed by atoms with Crippen LogP contribution in [0.4, 0.5) is 11.5 Å². The number of halogens is 1. The number of hydrogen-bond donors (Lipinski definition) is 2. The van der Waals surface area contributed by atoms with Crippen LogP contribution in [0.25, 0.3) is 11.1 Å². The molecule has 2 N–H and O–H groups in total. The third-order valence-electron chi connectivity index (χ3n) is 6.73. The minimum absolute atomic E-state index is 0.0122. The number of furan rings is 1. The van der Waals surface area contributed by atoms with Gasteiger partial charge in [-0.2, -0.15) is 0 Å². The van der Waals surface area contributed by atoms with E-state index in [1.54, 1.807) is 30.5 Å². The van der Waals surface area contributed by atoms with Crippen LogP contribution < -0.4 is 10.6 Å². The van der Waals surface area contributed by atoms with Crippen molar-refractivity contribution in [2.24, 2.45) is 11.8 Å². The van der Waals surface area contributed by atoms with Crippen LogP contribution in [0.2, 0.25) is 5.02 Å². The molecule has 0 spiro atoms. The molecule has 0 bridgehead atoms. The van der Waals surface area contributed by atoms with Gasteiger partial charge < -0.3 is 20.0 Å². The molecule has 1 aliphatic heterocycles. The highest BCUT2D eigenvalue weighted by molar-refractivity contribution is 6.30. The second-order valence-corrected chi connectivity index (χ2v) is 9.48. The summed E-state index contributed by atoms with van der Waals surface area (Å²) in [7, 11) is 0. The number of aromatic nitrogens is 2. The highest BCUT2D eigenvalue weighted by Gasteiger charge is 2.34. The van der Waals surface area contributed by atoms with Gasteiger partial charge in [-0.25, -0.2) is 4.98 Å². The number of amides is 3. The van der Waals surface area contributed by atoms with Gasteiger partial charge in [-0.3, -0.25) is 19.4 Å². The summed E-state index contributed by atoms with van der Waals surface area (Å²) in [4.78, 5) is 49.2. The first kappa shape index (κ1) is 23.3. The van der Waals surface area contributed by atoms with Crippen molar-refractivity contribution in [2.75, 3.05) is 23.7 Å². The Morgan fingerprint density at radius 1 is 0.971 bits per heavy atom. The molecule has 0 unspecified atom stereocenters. The second kappa shape index (κ2) is 10.0. The van der Waals surface area contributed by atoms with Crippen LogP contribution in [0.5, 0.6) is 0 Å². The monoisotopic (exact) mass is 495 g/mol. The third kappa shape index (κ3) is 5.00. The van der Waals surface area contributed by atoms with Gasteiger partial charge in [0, 0.05) is 37.3 Å². The molecular formula is C25H26ClN5O4. The number of carbonyl (C=O) groups excluding carboxylic acids is 3. The molecule has 1 aliphatic carbocycles. The molecule has 0 aromatic carbocycles. The number of nitrogens with one attached hydrogen (secondary N) is 2. The summed E-state index contributed by atoms with van der Waals surface area (Å²) in [6.45, 7) is 1.69. The largest absolute Gasteiger partial charge is 0.447 e. The van der Waals surface area contributed by atoms with Crippen LogP contribution >= 0.6 is 11.6 Å². The minimum Gasteiger partial charge on any atom is -0.447 e. The van der Waals surface area contributed by atoms with Crippen molar-refractivity contribution < 1.29 is 18.8 Å². The third-order valence-corrected chi connectivity index (χ3v) is 6.96. The van der Waals surface area contributed by atoms with Crippen molar-refractivity contribution in [1.82, 2.24) is 14.9 Å². The van der Waals surface area contributed by atoms with E-state index in [9.17, 15) is 14.4 Å². The van der Waals surface area contributed by atoms with Crippen LogP contribution in [0.1, 0.15) is 49.1 Å². The van der Waals surface area contributed by atoms with Gasteiger partial charge in [0.1, 0.15) is 17.0 Å². The quantitative estimate of drug-likeness (QED) is 0.538. The Bertz CT molecular complexity index is 1240. The van der Waals surface area contributed by atoms with Crippen molar-refractivity contribution in [3.8, 4) is 0 Å². The summed E-state index contributed by atoms with van der Waals surface area (Å²) in [6, 6.07) is 6.56. The molecule has 35 heavy (non-hydrogen) atoms. The fraction of sp³-hybridized carbons (Fsp3) is 0.400. The molecule has 5 rings (SSSR count). The predicted molar refractivity (Wildman–Crippen MR) is 131 cm³/mol. The fourth-order valence-electron chi connectivity index (χ4n) is 4.85. The molecule has 0 atom stereocenters. The molecule has 9 nitrogen and oxygen atoms in total. The Morgan fingerprint density at radius 2 is 1.71 bits per heavy atom. The summed E-state index contributed by atoms with van der Waals surface area (Å²) in [5, 5.41) is 5.99. The molecule has 3 amide bonds. The lowest BCUT2D eigenvalue weighted by Gasteiger charge is -2.29. The second-order valence-electron chi connectivity index (χ2n) is 9.04. The van der Waals surface area contributed by atoms with Crippen molar-refractivity contribution >= 4 is 51.9 Å². The highest BCUT2D eigenvalue weighted by Crippen LogP contribution is 2.34. The Kier molecular flexibility index (Phi) is 6.68. The van der Waals surface area contributed by atoms with E-state index in [2.05, 4.69) is 20.6 Å². The van der Waals surface area contributed by atoms with Gasteiger partial charge in [-0.05, 0) is 62.8 Å². The van der Waals surface area contributed by atoms with E-state index in [1.165, 1.54) is 6.20 Å². The first-order valence-electron chi connectivity index (χ1n) is 11.9. The lowest BCUT2D eigenvalue weighted by atomic mass is 9.81. The smallest absolute Gasteiger partial charge is 0.294 e. The molecule has 4 heterocycles. The van der Waals surface area contributed by atoms with Gasteiger partial charge >= 0.3 is 0 Å². The van der Waals surface area contributed by atoms with E-state index in [4.69, 9.17) is 16.0 Å².